The lowest BCUT2D eigenvalue weighted by Crippen LogP contribution is -2.51. The van der Waals surface area contributed by atoms with E-state index in [1.54, 1.807) is 0 Å². The second-order valence-corrected chi connectivity index (χ2v) is 5.46. The average molecular weight is 308 g/mol. The normalized spacial score (nSPS) is 44.7. The molecule has 2 saturated heterocycles. The van der Waals surface area contributed by atoms with Crippen LogP contribution in [0.2, 0.25) is 0 Å². The van der Waals surface area contributed by atoms with Crippen molar-refractivity contribution in [2.24, 2.45) is 0 Å². The maximum atomic E-state index is 9.89. The molecule has 0 aliphatic carbocycles. The Hall–Kier alpha value is -0.320. The first-order valence-corrected chi connectivity index (χ1v) is 7.13. The van der Waals surface area contributed by atoms with Crippen LogP contribution in [0, 0.1) is 0 Å². The van der Waals surface area contributed by atoms with E-state index in [1.807, 2.05) is 0 Å². The molecule has 21 heavy (non-hydrogen) atoms. The summed E-state index contributed by atoms with van der Waals surface area (Å²) in [5, 5.41) is 38.4. The minimum absolute atomic E-state index is 0.00633. The first-order chi connectivity index (χ1) is 10.0. The summed E-state index contributed by atoms with van der Waals surface area (Å²) in [6.45, 7) is -0.197. The van der Waals surface area contributed by atoms with E-state index >= 15 is 0 Å². The molecule has 2 rings (SSSR count). The van der Waals surface area contributed by atoms with Crippen LogP contribution in [0.15, 0.2) is 0 Å². The molecular formula is C13H24O8. The minimum atomic E-state index is -1.07. The van der Waals surface area contributed by atoms with Crippen LogP contribution in [0.25, 0.3) is 0 Å². The van der Waals surface area contributed by atoms with Crippen molar-refractivity contribution in [3.63, 3.8) is 0 Å². The molecule has 0 radical (unpaired) electrons. The zero-order chi connectivity index (χ0) is 15.4. The summed E-state index contributed by atoms with van der Waals surface area (Å²) in [6, 6.07) is 0. The van der Waals surface area contributed by atoms with Crippen LogP contribution in [0.5, 0.6) is 0 Å². The lowest BCUT2D eigenvalue weighted by Gasteiger charge is -2.38. The fraction of sp³-hybridized carbons (Fsp3) is 1.00. The summed E-state index contributed by atoms with van der Waals surface area (Å²) in [6.07, 6.45) is -4.25. The van der Waals surface area contributed by atoms with Crippen molar-refractivity contribution in [3.8, 4) is 0 Å². The van der Waals surface area contributed by atoms with E-state index in [0.29, 0.717) is 6.42 Å². The highest BCUT2D eigenvalue weighted by Crippen LogP contribution is 2.24. The van der Waals surface area contributed by atoms with Gasteiger partial charge in [-0.05, 0) is 0 Å². The van der Waals surface area contributed by atoms with E-state index in [0.717, 1.165) is 0 Å². The highest BCUT2D eigenvalue weighted by atomic mass is 16.7. The zero-order valence-corrected chi connectivity index (χ0v) is 12.0. The predicted molar refractivity (Wildman–Crippen MR) is 69.2 cm³/mol. The standard InChI is InChI=1S/C13H24O8/c1-18-11-4-9(16)13(17)10(21-11)6-19-12-3-7(15)2-8(5-14)20-12/h7-17H,2-6H2,1H3/t7?,8?,9-,10?,11+,12?,13+/m1/s1. The van der Waals surface area contributed by atoms with E-state index in [2.05, 4.69) is 0 Å². The third-order valence-corrected chi connectivity index (χ3v) is 3.79. The molecule has 8 nitrogen and oxygen atoms in total. The molecule has 0 spiro atoms. The third kappa shape index (κ3) is 4.57. The molecule has 0 amide bonds. The van der Waals surface area contributed by atoms with Crippen LogP contribution in [-0.4, -0.2) is 83.8 Å². The summed E-state index contributed by atoms with van der Waals surface area (Å²) in [7, 11) is 1.46. The van der Waals surface area contributed by atoms with Crippen LogP contribution in [0.4, 0.5) is 0 Å². The van der Waals surface area contributed by atoms with Gasteiger partial charge in [-0.3, -0.25) is 0 Å². The molecule has 7 atom stereocenters. The molecule has 4 unspecified atom stereocenters. The van der Waals surface area contributed by atoms with Crippen LogP contribution < -0.4 is 0 Å². The van der Waals surface area contributed by atoms with Crippen LogP contribution in [-0.2, 0) is 18.9 Å². The lowest BCUT2D eigenvalue weighted by atomic mass is 10.0. The monoisotopic (exact) mass is 308 g/mol. The number of rotatable bonds is 5. The van der Waals surface area contributed by atoms with Gasteiger partial charge in [0.25, 0.3) is 0 Å². The second kappa shape index (κ2) is 7.80. The Bertz CT molecular complexity index is 315. The molecule has 2 fully saturated rings. The Labute approximate surface area is 123 Å². The predicted octanol–water partition coefficient (Wildman–Crippen LogP) is -1.66. The summed E-state index contributed by atoms with van der Waals surface area (Å²) >= 11 is 0. The summed E-state index contributed by atoms with van der Waals surface area (Å²) in [4.78, 5) is 0. The fourth-order valence-electron chi connectivity index (χ4n) is 2.58. The summed E-state index contributed by atoms with van der Waals surface area (Å²) in [5.41, 5.74) is 0. The first-order valence-electron chi connectivity index (χ1n) is 7.13. The van der Waals surface area contributed by atoms with E-state index in [1.165, 1.54) is 7.11 Å². The molecule has 0 aromatic rings. The van der Waals surface area contributed by atoms with Crippen LogP contribution >= 0.6 is 0 Å². The van der Waals surface area contributed by atoms with Gasteiger partial charge in [0.1, 0.15) is 12.2 Å². The number of methoxy groups -OCH3 is 1. The van der Waals surface area contributed by atoms with Gasteiger partial charge in [-0.25, -0.2) is 0 Å². The Morgan fingerprint density at radius 2 is 1.81 bits per heavy atom. The molecule has 2 aliphatic rings. The van der Waals surface area contributed by atoms with Crippen molar-refractivity contribution < 1.29 is 39.4 Å². The quantitative estimate of drug-likeness (QED) is 0.477. The molecule has 0 aromatic heterocycles. The van der Waals surface area contributed by atoms with Crippen LogP contribution in [0.1, 0.15) is 19.3 Å². The Balaban J connectivity index is 1.83. The van der Waals surface area contributed by atoms with E-state index in [9.17, 15) is 15.3 Å². The molecule has 2 aliphatic heterocycles. The molecule has 4 N–H and O–H groups in total. The topological polar surface area (TPSA) is 118 Å². The van der Waals surface area contributed by atoms with Crippen molar-refractivity contribution >= 4 is 0 Å². The molecule has 0 bridgehead atoms. The zero-order valence-electron chi connectivity index (χ0n) is 12.0. The smallest absolute Gasteiger partial charge is 0.160 e. The van der Waals surface area contributed by atoms with Gasteiger partial charge in [0.15, 0.2) is 12.6 Å². The Morgan fingerprint density at radius 1 is 1.05 bits per heavy atom. The SMILES string of the molecule is CO[C@@H]1C[C@@H](O)[C@H](O)C(COC2CC(O)CC(CO)O2)O1. The maximum absolute atomic E-state index is 9.89. The summed E-state index contributed by atoms with van der Waals surface area (Å²) in [5.74, 6) is 0. The number of hydrogen-bond acceptors (Lipinski definition) is 8. The Kier molecular flexibility index (Phi) is 6.33. The van der Waals surface area contributed by atoms with Gasteiger partial charge in [-0.15, -0.1) is 0 Å². The highest BCUT2D eigenvalue weighted by Gasteiger charge is 2.38. The second-order valence-electron chi connectivity index (χ2n) is 5.46. The van der Waals surface area contributed by atoms with Gasteiger partial charge in [0.2, 0.25) is 0 Å². The molecule has 0 aromatic carbocycles. The van der Waals surface area contributed by atoms with Crippen molar-refractivity contribution in [1.29, 1.82) is 0 Å². The van der Waals surface area contributed by atoms with Gasteiger partial charge in [-0.1, -0.05) is 0 Å². The van der Waals surface area contributed by atoms with Gasteiger partial charge in [-0.2, -0.15) is 0 Å². The van der Waals surface area contributed by atoms with Crippen molar-refractivity contribution in [2.45, 2.75) is 62.4 Å². The molecule has 0 saturated carbocycles. The van der Waals surface area contributed by atoms with Gasteiger partial charge in [0, 0.05) is 26.4 Å². The summed E-state index contributed by atoms with van der Waals surface area (Å²) < 4.78 is 21.4. The minimum Gasteiger partial charge on any atom is -0.394 e. The molecular weight excluding hydrogens is 284 g/mol. The average Bonchev–Trinajstić information content (AvgIpc) is 2.47. The third-order valence-electron chi connectivity index (χ3n) is 3.79. The van der Waals surface area contributed by atoms with Crippen LogP contribution in [0.3, 0.4) is 0 Å². The van der Waals surface area contributed by atoms with Gasteiger partial charge >= 0.3 is 0 Å². The van der Waals surface area contributed by atoms with Crippen molar-refractivity contribution in [1.82, 2.24) is 0 Å². The first kappa shape index (κ1) is 17.0. The largest absolute Gasteiger partial charge is 0.394 e. The number of aliphatic hydroxyl groups is 4. The van der Waals surface area contributed by atoms with E-state index < -0.39 is 43.1 Å². The van der Waals surface area contributed by atoms with Gasteiger partial charge in [0.05, 0.1) is 31.5 Å². The molecule has 8 heteroatoms. The maximum Gasteiger partial charge on any atom is 0.160 e. The molecule has 2 heterocycles. The number of hydrogen-bond donors (Lipinski definition) is 4. The van der Waals surface area contributed by atoms with Crippen molar-refractivity contribution in [3.05, 3.63) is 0 Å². The highest BCUT2D eigenvalue weighted by molar-refractivity contribution is 4.83. The Morgan fingerprint density at radius 3 is 2.48 bits per heavy atom. The number of ether oxygens (including phenoxy) is 4. The number of aliphatic hydroxyl groups excluding tert-OH is 4. The van der Waals surface area contributed by atoms with Gasteiger partial charge < -0.3 is 39.4 Å². The lowest BCUT2D eigenvalue weighted by molar-refractivity contribution is -0.277. The van der Waals surface area contributed by atoms with Crippen molar-refractivity contribution in [2.75, 3.05) is 20.3 Å². The van der Waals surface area contributed by atoms with E-state index in [4.69, 9.17) is 24.1 Å². The fourth-order valence-corrected chi connectivity index (χ4v) is 2.58. The molecule has 124 valence electrons. The van der Waals surface area contributed by atoms with E-state index in [-0.39, 0.29) is 26.1 Å².